The Morgan fingerprint density at radius 2 is 1.78 bits per heavy atom. The predicted molar refractivity (Wildman–Crippen MR) is 80.0 cm³/mol. The second-order valence-corrected chi connectivity index (χ2v) is 6.79. The Kier molecular flexibility index (Phi) is 4.31. The highest BCUT2D eigenvalue weighted by atomic mass is 19.4. The van der Waals surface area contributed by atoms with E-state index in [0.717, 1.165) is 44.1 Å². The van der Waals surface area contributed by atoms with Crippen LogP contribution in [-0.4, -0.2) is 23.6 Å². The molecule has 0 amide bonds. The predicted octanol–water partition coefficient (Wildman–Crippen LogP) is 3.50. The first-order chi connectivity index (χ1) is 10.8. The summed E-state index contributed by atoms with van der Waals surface area (Å²) in [5.41, 5.74) is 6.63. The molecule has 6 heteroatoms. The van der Waals surface area contributed by atoms with Crippen LogP contribution < -0.4 is 10.5 Å². The van der Waals surface area contributed by atoms with Crippen LogP contribution in [0.15, 0.2) is 24.3 Å². The Balaban J connectivity index is 1.80. The van der Waals surface area contributed by atoms with Crippen molar-refractivity contribution in [2.75, 3.05) is 0 Å². The molecule has 0 radical (unpaired) electrons. The molecule has 0 aromatic heterocycles. The largest absolute Gasteiger partial charge is 0.573 e. The highest BCUT2D eigenvalue weighted by Crippen LogP contribution is 2.50. The van der Waals surface area contributed by atoms with Gasteiger partial charge in [-0.2, -0.15) is 0 Å². The fourth-order valence-corrected chi connectivity index (χ4v) is 4.12. The van der Waals surface area contributed by atoms with Crippen LogP contribution in [0.2, 0.25) is 0 Å². The number of alkyl halides is 3. The van der Waals surface area contributed by atoms with Crippen molar-refractivity contribution in [2.24, 2.45) is 11.7 Å². The summed E-state index contributed by atoms with van der Waals surface area (Å²) in [4.78, 5) is 0. The van der Waals surface area contributed by atoms with Crippen LogP contribution in [0.3, 0.4) is 0 Å². The first-order valence-electron chi connectivity index (χ1n) is 8.12. The molecule has 2 aliphatic rings. The Morgan fingerprint density at radius 1 is 1.13 bits per heavy atom. The van der Waals surface area contributed by atoms with Gasteiger partial charge in [-0.1, -0.05) is 25.0 Å². The maximum atomic E-state index is 12.3. The molecule has 128 valence electrons. The zero-order chi connectivity index (χ0) is 16.7. The van der Waals surface area contributed by atoms with Crippen LogP contribution >= 0.6 is 0 Å². The molecule has 0 aliphatic heterocycles. The molecule has 3 N–H and O–H groups in total. The molecule has 3 rings (SSSR count). The molecule has 0 heterocycles. The van der Waals surface area contributed by atoms with Crippen LogP contribution in [0.5, 0.6) is 5.75 Å². The van der Waals surface area contributed by atoms with E-state index in [4.69, 9.17) is 5.73 Å². The molecule has 2 fully saturated rings. The van der Waals surface area contributed by atoms with E-state index in [1.54, 1.807) is 12.1 Å². The summed E-state index contributed by atoms with van der Waals surface area (Å²) >= 11 is 0. The Labute approximate surface area is 133 Å². The van der Waals surface area contributed by atoms with E-state index in [-0.39, 0.29) is 23.1 Å². The minimum absolute atomic E-state index is 0.00955. The van der Waals surface area contributed by atoms with E-state index >= 15 is 0 Å². The Morgan fingerprint density at radius 3 is 2.22 bits per heavy atom. The number of hydrogen-bond donors (Lipinski definition) is 2. The molecule has 0 saturated heterocycles. The zero-order valence-electron chi connectivity index (χ0n) is 12.9. The number of halogens is 3. The number of benzene rings is 1. The highest BCUT2D eigenvalue weighted by Gasteiger charge is 2.49. The summed E-state index contributed by atoms with van der Waals surface area (Å²) in [5.74, 6) is -0.163. The molecule has 3 atom stereocenters. The van der Waals surface area contributed by atoms with Gasteiger partial charge in [0.15, 0.2) is 0 Å². The molecule has 2 aliphatic carbocycles. The average molecular weight is 329 g/mol. The maximum Gasteiger partial charge on any atom is 0.573 e. The van der Waals surface area contributed by atoms with Gasteiger partial charge < -0.3 is 15.6 Å². The lowest BCUT2D eigenvalue weighted by Crippen LogP contribution is -2.51. The van der Waals surface area contributed by atoms with Crippen molar-refractivity contribution >= 4 is 0 Å². The van der Waals surface area contributed by atoms with Gasteiger partial charge in [0.1, 0.15) is 5.75 Å². The van der Waals surface area contributed by atoms with E-state index in [1.807, 2.05) is 0 Å². The molecular weight excluding hydrogens is 307 g/mol. The summed E-state index contributed by atoms with van der Waals surface area (Å²) in [6.45, 7) is 0. The molecule has 3 unspecified atom stereocenters. The number of ether oxygens (including phenoxy) is 1. The molecule has 23 heavy (non-hydrogen) atoms. The quantitative estimate of drug-likeness (QED) is 0.889. The monoisotopic (exact) mass is 329 g/mol. The Bertz CT molecular complexity index is 540. The second kappa shape index (κ2) is 5.98. The fraction of sp³-hybridized carbons (Fsp3) is 0.647. The number of rotatable bonds is 4. The van der Waals surface area contributed by atoms with Gasteiger partial charge in [0.25, 0.3) is 0 Å². The van der Waals surface area contributed by atoms with Crippen molar-refractivity contribution in [3.05, 3.63) is 29.8 Å². The van der Waals surface area contributed by atoms with Gasteiger partial charge in [-0.25, -0.2) is 0 Å². The summed E-state index contributed by atoms with van der Waals surface area (Å²) in [6.07, 6.45) is 0.342. The van der Waals surface area contributed by atoms with E-state index in [0.29, 0.717) is 0 Å². The van der Waals surface area contributed by atoms with Crippen LogP contribution in [-0.2, 0) is 5.41 Å². The highest BCUT2D eigenvalue weighted by molar-refractivity contribution is 5.35. The minimum atomic E-state index is -4.69. The van der Waals surface area contributed by atoms with E-state index in [9.17, 15) is 18.3 Å². The lowest BCUT2D eigenvalue weighted by atomic mass is 9.58. The van der Waals surface area contributed by atoms with Crippen LogP contribution in [0.1, 0.15) is 44.1 Å². The third-order valence-corrected chi connectivity index (χ3v) is 5.51. The van der Waals surface area contributed by atoms with E-state index in [2.05, 4.69) is 4.74 Å². The topological polar surface area (TPSA) is 55.5 Å². The van der Waals surface area contributed by atoms with Gasteiger partial charge in [0.05, 0.1) is 6.10 Å². The van der Waals surface area contributed by atoms with Crippen molar-refractivity contribution < 1.29 is 23.0 Å². The first-order valence-corrected chi connectivity index (χ1v) is 8.12. The standard InChI is InChI=1S/C17H22F3NO2/c18-17(19,20)23-12-7-5-11(6-8-12)16(9-2-10-16)15(22)13-3-1-4-14(13)21/h5-8,13-15,22H,1-4,9-10,21H2. The number of aliphatic hydroxyl groups excluding tert-OH is 1. The van der Waals surface area contributed by atoms with Gasteiger partial charge in [0, 0.05) is 17.4 Å². The number of hydrogen-bond acceptors (Lipinski definition) is 3. The maximum absolute atomic E-state index is 12.3. The molecule has 3 nitrogen and oxygen atoms in total. The molecule has 0 bridgehead atoms. The second-order valence-electron chi connectivity index (χ2n) is 6.79. The SMILES string of the molecule is NC1CCCC1C(O)C1(c2ccc(OC(F)(F)F)cc2)CCC1. The van der Waals surface area contributed by atoms with Crippen molar-refractivity contribution in [1.29, 1.82) is 0 Å². The molecule has 2 saturated carbocycles. The minimum Gasteiger partial charge on any atom is -0.406 e. The van der Waals surface area contributed by atoms with Gasteiger partial charge in [0.2, 0.25) is 0 Å². The van der Waals surface area contributed by atoms with Crippen LogP contribution in [0.25, 0.3) is 0 Å². The van der Waals surface area contributed by atoms with E-state index < -0.39 is 12.5 Å². The summed E-state index contributed by atoms with van der Waals surface area (Å²) in [7, 11) is 0. The average Bonchev–Trinajstić information content (AvgIpc) is 2.84. The molecule has 1 aromatic carbocycles. The Hall–Kier alpha value is -1.27. The smallest absolute Gasteiger partial charge is 0.406 e. The molecule has 0 spiro atoms. The number of nitrogens with two attached hydrogens (primary N) is 1. The summed E-state index contributed by atoms with van der Waals surface area (Å²) < 4.78 is 40.7. The number of aliphatic hydroxyl groups is 1. The molecule has 1 aromatic rings. The van der Waals surface area contributed by atoms with Crippen molar-refractivity contribution in [3.8, 4) is 5.75 Å². The third kappa shape index (κ3) is 3.19. The van der Waals surface area contributed by atoms with Crippen molar-refractivity contribution in [3.63, 3.8) is 0 Å². The first kappa shape index (κ1) is 16.6. The molecular formula is C17H22F3NO2. The van der Waals surface area contributed by atoms with E-state index in [1.165, 1.54) is 12.1 Å². The van der Waals surface area contributed by atoms with Gasteiger partial charge >= 0.3 is 6.36 Å². The van der Waals surface area contributed by atoms with Gasteiger partial charge in [-0.05, 0) is 43.4 Å². The summed E-state index contributed by atoms with van der Waals surface area (Å²) in [6, 6.07) is 5.94. The lowest BCUT2D eigenvalue weighted by Gasteiger charge is -2.49. The van der Waals surface area contributed by atoms with Crippen molar-refractivity contribution in [1.82, 2.24) is 0 Å². The van der Waals surface area contributed by atoms with Gasteiger partial charge in [-0.15, -0.1) is 13.2 Å². The van der Waals surface area contributed by atoms with Crippen LogP contribution in [0.4, 0.5) is 13.2 Å². The third-order valence-electron chi connectivity index (χ3n) is 5.51. The fourth-order valence-electron chi connectivity index (χ4n) is 4.12. The normalized spacial score (nSPS) is 28.2. The van der Waals surface area contributed by atoms with Crippen LogP contribution in [0, 0.1) is 5.92 Å². The van der Waals surface area contributed by atoms with Crippen molar-refractivity contribution in [2.45, 2.75) is 62.4 Å². The van der Waals surface area contributed by atoms with Gasteiger partial charge in [-0.3, -0.25) is 0 Å². The summed E-state index contributed by atoms with van der Waals surface area (Å²) in [5, 5.41) is 10.9. The lowest BCUT2D eigenvalue weighted by molar-refractivity contribution is -0.274. The zero-order valence-corrected chi connectivity index (χ0v) is 12.9.